The van der Waals surface area contributed by atoms with E-state index in [1.54, 1.807) is 17.0 Å². The Morgan fingerprint density at radius 1 is 1.17 bits per heavy atom. The fraction of sp³-hybridized carbons (Fsp3) is 0.278. The van der Waals surface area contributed by atoms with Gasteiger partial charge in [-0.25, -0.2) is 9.18 Å². The van der Waals surface area contributed by atoms with E-state index in [2.05, 4.69) is 15.9 Å². The molecule has 0 aliphatic carbocycles. The van der Waals surface area contributed by atoms with Crippen molar-refractivity contribution in [3.05, 3.63) is 69.9 Å². The van der Waals surface area contributed by atoms with E-state index in [-0.39, 0.29) is 24.1 Å². The van der Waals surface area contributed by atoms with Crippen LogP contribution in [-0.4, -0.2) is 17.5 Å². The van der Waals surface area contributed by atoms with E-state index < -0.39 is 0 Å². The number of hydrogen-bond donors (Lipinski definition) is 0. The number of amides is 1. The first-order valence-electron chi connectivity index (χ1n) is 7.53. The minimum atomic E-state index is -0.332. The molecule has 1 amide bonds. The summed E-state index contributed by atoms with van der Waals surface area (Å²) in [5.74, 6) is -0.290. The van der Waals surface area contributed by atoms with Gasteiger partial charge in [0.15, 0.2) is 0 Å². The van der Waals surface area contributed by atoms with Crippen molar-refractivity contribution in [1.29, 1.82) is 0 Å². The minimum Gasteiger partial charge on any atom is -0.441 e. The Morgan fingerprint density at radius 2 is 1.83 bits per heavy atom. The van der Waals surface area contributed by atoms with Crippen LogP contribution in [0, 0.1) is 5.82 Å². The molecule has 3 rings (SSSR count). The quantitative estimate of drug-likeness (QED) is 0.732. The van der Waals surface area contributed by atoms with Gasteiger partial charge in [-0.1, -0.05) is 40.2 Å². The summed E-state index contributed by atoms with van der Waals surface area (Å²) in [4.78, 5) is 14.1. The second-order valence-corrected chi connectivity index (χ2v) is 6.55. The van der Waals surface area contributed by atoms with Gasteiger partial charge in [-0.2, -0.15) is 0 Å². The molecule has 0 spiro atoms. The number of cyclic esters (lactones) is 1. The van der Waals surface area contributed by atoms with Crippen molar-refractivity contribution < 1.29 is 13.9 Å². The predicted molar refractivity (Wildman–Crippen MR) is 89.5 cm³/mol. The van der Waals surface area contributed by atoms with Crippen molar-refractivity contribution >= 4 is 22.0 Å². The lowest BCUT2D eigenvalue weighted by molar-refractivity contribution is 0.0123. The van der Waals surface area contributed by atoms with Gasteiger partial charge < -0.3 is 9.64 Å². The monoisotopic (exact) mass is 377 g/mol. The van der Waals surface area contributed by atoms with E-state index in [1.165, 1.54) is 12.1 Å². The van der Waals surface area contributed by atoms with Crippen molar-refractivity contribution in [1.82, 2.24) is 4.90 Å². The summed E-state index contributed by atoms with van der Waals surface area (Å²) < 4.78 is 19.5. The molecule has 0 radical (unpaired) electrons. The zero-order chi connectivity index (χ0) is 16.4. The van der Waals surface area contributed by atoms with Crippen LogP contribution >= 0.6 is 15.9 Å². The third-order valence-corrected chi connectivity index (χ3v) is 4.70. The zero-order valence-corrected chi connectivity index (χ0v) is 14.3. The Morgan fingerprint density at radius 3 is 2.43 bits per heavy atom. The van der Waals surface area contributed by atoms with Crippen LogP contribution < -0.4 is 0 Å². The lowest BCUT2D eigenvalue weighted by Gasteiger charge is -2.36. The Kier molecular flexibility index (Phi) is 4.66. The maximum atomic E-state index is 13.0. The van der Waals surface area contributed by atoms with E-state index >= 15 is 0 Å². The van der Waals surface area contributed by atoms with Gasteiger partial charge in [-0.15, -0.1) is 0 Å². The average Bonchev–Trinajstić information content (AvgIpc) is 2.55. The Balaban J connectivity index is 1.70. The number of carbonyl (C=O) groups is 1. The Labute approximate surface area is 143 Å². The van der Waals surface area contributed by atoms with Crippen molar-refractivity contribution in [2.24, 2.45) is 0 Å². The first kappa shape index (κ1) is 16.0. The molecule has 1 unspecified atom stereocenters. The Hall–Kier alpha value is -1.88. The molecule has 1 aliphatic heterocycles. The van der Waals surface area contributed by atoms with Crippen LogP contribution in [0.5, 0.6) is 0 Å². The summed E-state index contributed by atoms with van der Waals surface area (Å²) in [7, 11) is 0. The van der Waals surface area contributed by atoms with E-state index in [0.29, 0.717) is 13.0 Å². The highest BCUT2D eigenvalue weighted by atomic mass is 79.9. The Bertz CT molecular complexity index is 687. The summed E-state index contributed by atoms with van der Waals surface area (Å²) in [6, 6.07) is 14.0. The first-order valence-corrected chi connectivity index (χ1v) is 8.32. The molecule has 120 valence electrons. The van der Waals surface area contributed by atoms with Crippen molar-refractivity contribution in [2.75, 3.05) is 6.54 Å². The molecule has 2 atom stereocenters. The molecule has 1 fully saturated rings. The van der Waals surface area contributed by atoms with Gasteiger partial charge in [0.2, 0.25) is 0 Å². The van der Waals surface area contributed by atoms with Crippen molar-refractivity contribution in [3.8, 4) is 0 Å². The standard InChI is InChI=1S/C18H17BrFNO2/c1-12(13-2-6-15(19)7-3-13)21-11-10-17(23-18(21)22)14-4-8-16(20)9-5-14/h2-9,12,17H,10-11H2,1H3/t12-,17?/m0/s1. The van der Waals surface area contributed by atoms with Crippen LogP contribution in [0.15, 0.2) is 53.0 Å². The highest BCUT2D eigenvalue weighted by Gasteiger charge is 2.31. The summed E-state index contributed by atoms with van der Waals surface area (Å²) in [6.07, 6.45) is 0.0515. The van der Waals surface area contributed by atoms with Gasteiger partial charge >= 0.3 is 6.09 Å². The largest absolute Gasteiger partial charge is 0.441 e. The molecule has 0 bridgehead atoms. The third-order valence-electron chi connectivity index (χ3n) is 4.17. The zero-order valence-electron chi connectivity index (χ0n) is 12.7. The van der Waals surface area contributed by atoms with Gasteiger partial charge in [0.05, 0.1) is 6.04 Å². The van der Waals surface area contributed by atoms with Crippen LogP contribution in [0.25, 0.3) is 0 Å². The smallest absolute Gasteiger partial charge is 0.410 e. The van der Waals surface area contributed by atoms with Gasteiger partial charge in [-0.3, -0.25) is 0 Å². The maximum absolute atomic E-state index is 13.0. The topological polar surface area (TPSA) is 29.5 Å². The molecular formula is C18H17BrFNO2. The lowest BCUT2D eigenvalue weighted by atomic mass is 10.0. The van der Waals surface area contributed by atoms with E-state index in [1.807, 2.05) is 31.2 Å². The molecule has 3 nitrogen and oxygen atoms in total. The molecule has 1 aliphatic rings. The van der Waals surface area contributed by atoms with Gasteiger partial charge in [0.1, 0.15) is 11.9 Å². The number of halogens is 2. The van der Waals surface area contributed by atoms with Crippen molar-refractivity contribution in [2.45, 2.75) is 25.5 Å². The summed E-state index contributed by atoms with van der Waals surface area (Å²) in [5.41, 5.74) is 1.89. The lowest BCUT2D eigenvalue weighted by Crippen LogP contribution is -2.40. The normalized spacial score (nSPS) is 19.3. The minimum absolute atomic E-state index is 0.0511. The summed E-state index contributed by atoms with van der Waals surface area (Å²) >= 11 is 3.41. The molecule has 2 aromatic carbocycles. The highest BCUT2D eigenvalue weighted by molar-refractivity contribution is 9.10. The summed E-state index contributed by atoms with van der Waals surface area (Å²) in [6.45, 7) is 2.60. The summed E-state index contributed by atoms with van der Waals surface area (Å²) in [5, 5.41) is 0. The second-order valence-electron chi connectivity index (χ2n) is 5.63. The molecule has 0 saturated carbocycles. The fourth-order valence-corrected chi connectivity index (χ4v) is 3.05. The van der Waals surface area contributed by atoms with Crippen LogP contribution in [0.2, 0.25) is 0 Å². The van der Waals surface area contributed by atoms with Gasteiger partial charge in [0, 0.05) is 17.4 Å². The van der Waals surface area contributed by atoms with Crippen LogP contribution in [0.3, 0.4) is 0 Å². The van der Waals surface area contributed by atoms with Gasteiger partial charge in [0.25, 0.3) is 0 Å². The number of nitrogens with zero attached hydrogens (tertiary/aromatic N) is 1. The molecule has 2 aromatic rings. The number of carbonyl (C=O) groups excluding carboxylic acids is 1. The second kappa shape index (κ2) is 6.71. The molecule has 1 heterocycles. The van der Waals surface area contributed by atoms with E-state index in [9.17, 15) is 9.18 Å². The van der Waals surface area contributed by atoms with E-state index in [4.69, 9.17) is 4.74 Å². The highest BCUT2D eigenvalue weighted by Crippen LogP contribution is 2.32. The number of rotatable bonds is 3. The average molecular weight is 378 g/mol. The molecule has 0 aromatic heterocycles. The van der Waals surface area contributed by atoms with E-state index in [0.717, 1.165) is 15.6 Å². The van der Waals surface area contributed by atoms with Crippen LogP contribution in [0.1, 0.15) is 36.6 Å². The molecule has 23 heavy (non-hydrogen) atoms. The van der Waals surface area contributed by atoms with Gasteiger partial charge in [-0.05, 0) is 42.3 Å². The SMILES string of the molecule is C[C@@H](c1ccc(Br)cc1)N1CCC(c2ccc(F)cc2)OC1=O. The number of hydrogen-bond acceptors (Lipinski definition) is 2. The fourth-order valence-electron chi connectivity index (χ4n) is 2.78. The molecule has 0 N–H and O–H groups in total. The predicted octanol–water partition coefficient (Wildman–Crippen LogP) is 5.23. The van der Waals surface area contributed by atoms with Crippen molar-refractivity contribution in [3.63, 3.8) is 0 Å². The third kappa shape index (κ3) is 3.55. The number of ether oxygens (including phenoxy) is 1. The molecule has 1 saturated heterocycles. The molecular weight excluding hydrogens is 361 g/mol. The number of benzene rings is 2. The van der Waals surface area contributed by atoms with Crippen LogP contribution in [-0.2, 0) is 4.74 Å². The first-order chi connectivity index (χ1) is 11.0. The van der Waals surface area contributed by atoms with Crippen LogP contribution in [0.4, 0.5) is 9.18 Å². The molecule has 5 heteroatoms. The maximum Gasteiger partial charge on any atom is 0.410 e.